The van der Waals surface area contributed by atoms with Crippen LogP contribution >= 0.6 is 11.3 Å². The molecular formula is C13H14FNO2S. The van der Waals surface area contributed by atoms with Crippen LogP contribution in [-0.2, 0) is 6.61 Å². The lowest BCUT2D eigenvalue weighted by Gasteiger charge is -2.09. The third-order valence-electron chi connectivity index (χ3n) is 2.48. The van der Waals surface area contributed by atoms with Gasteiger partial charge < -0.3 is 9.84 Å². The van der Waals surface area contributed by atoms with Crippen molar-refractivity contribution >= 4 is 11.3 Å². The van der Waals surface area contributed by atoms with Crippen LogP contribution in [0.2, 0.25) is 0 Å². The molecule has 0 unspecified atom stereocenters. The number of nitrogens with zero attached hydrogens (tertiary/aromatic N) is 1. The normalized spacial score (nSPS) is 12.4. The van der Waals surface area contributed by atoms with E-state index in [1.165, 1.54) is 23.5 Å². The summed E-state index contributed by atoms with van der Waals surface area (Å²) in [7, 11) is 0. The quantitative estimate of drug-likeness (QED) is 0.924. The van der Waals surface area contributed by atoms with Gasteiger partial charge in [-0.15, -0.1) is 11.3 Å². The predicted octanol–water partition coefficient (Wildman–Crippen LogP) is 3.22. The van der Waals surface area contributed by atoms with E-state index in [0.717, 1.165) is 10.7 Å². The maximum Gasteiger partial charge on any atom is 0.165 e. The van der Waals surface area contributed by atoms with Crippen molar-refractivity contribution in [3.8, 4) is 5.75 Å². The predicted molar refractivity (Wildman–Crippen MR) is 68.2 cm³/mol. The van der Waals surface area contributed by atoms with Gasteiger partial charge in [0.05, 0.1) is 16.8 Å². The highest BCUT2D eigenvalue weighted by atomic mass is 32.1. The summed E-state index contributed by atoms with van der Waals surface area (Å²) in [5, 5.41) is 12.2. The van der Waals surface area contributed by atoms with Crippen molar-refractivity contribution in [3.05, 3.63) is 45.7 Å². The Hall–Kier alpha value is -1.46. The van der Waals surface area contributed by atoms with Crippen molar-refractivity contribution in [3.63, 3.8) is 0 Å². The number of ether oxygens (including phenoxy) is 1. The van der Waals surface area contributed by atoms with Crippen molar-refractivity contribution in [1.82, 2.24) is 4.98 Å². The molecule has 0 aliphatic carbocycles. The highest BCUT2D eigenvalue weighted by Gasteiger charge is 2.08. The average molecular weight is 267 g/mol. The molecular weight excluding hydrogens is 253 g/mol. The summed E-state index contributed by atoms with van der Waals surface area (Å²) in [6.45, 7) is 3.74. The van der Waals surface area contributed by atoms with Gasteiger partial charge in [-0.2, -0.15) is 0 Å². The van der Waals surface area contributed by atoms with E-state index in [9.17, 15) is 9.50 Å². The van der Waals surface area contributed by atoms with Gasteiger partial charge in [-0.25, -0.2) is 9.37 Å². The molecule has 0 aliphatic heterocycles. The fourth-order valence-corrected chi connectivity index (χ4v) is 2.12. The lowest BCUT2D eigenvalue weighted by molar-refractivity contribution is 0.198. The van der Waals surface area contributed by atoms with Crippen LogP contribution in [0.1, 0.15) is 29.3 Å². The van der Waals surface area contributed by atoms with E-state index in [1.54, 1.807) is 13.0 Å². The number of hydrogen-bond acceptors (Lipinski definition) is 4. The first kappa shape index (κ1) is 13.0. The molecule has 5 heteroatoms. The molecule has 1 aromatic heterocycles. The Morgan fingerprint density at radius 3 is 2.83 bits per heavy atom. The summed E-state index contributed by atoms with van der Waals surface area (Å²) in [5.41, 5.74) is 1.32. The zero-order valence-electron chi connectivity index (χ0n) is 10.2. The SMILES string of the molecule is Cc1nc(COc2ccc([C@H](C)O)cc2F)cs1. The molecule has 0 radical (unpaired) electrons. The molecule has 3 nitrogen and oxygen atoms in total. The fraction of sp³-hybridized carbons (Fsp3) is 0.308. The van der Waals surface area contributed by atoms with E-state index >= 15 is 0 Å². The minimum atomic E-state index is -0.685. The molecule has 1 atom stereocenters. The number of aliphatic hydroxyl groups is 1. The Bertz CT molecular complexity index is 540. The van der Waals surface area contributed by atoms with Crippen LogP contribution in [0.3, 0.4) is 0 Å². The van der Waals surface area contributed by atoms with Gasteiger partial charge in [-0.05, 0) is 31.5 Å². The first-order valence-electron chi connectivity index (χ1n) is 5.57. The van der Waals surface area contributed by atoms with Gasteiger partial charge in [0.15, 0.2) is 11.6 Å². The molecule has 0 amide bonds. The standard InChI is InChI=1S/C13H14FNO2S/c1-8(16)10-3-4-13(12(14)5-10)17-6-11-7-18-9(2)15-11/h3-5,7-8,16H,6H2,1-2H3/t8-/m0/s1. The second kappa shape index (κ2) is 5.46. The number of aryl methyl sites for hydroxylation is 1. The molecule has 0 bridgehead atoms. The Labute approximate surface area is 109 Å². The summed E-state index contributed by atoms with van der Waals surface area (Å²) in [6.07, 6.45) is -0.685. The highest BCUT2D eigenvalue weighted by Crippen LogP contribution is 2.23. The Morgan fingerprint density at radius 1 is 1.50 bits per heavy atom. The number of aromatic nitrogens is 1. The van der Waals surface area contributed by atoms with Crippen molar-refractivity contribution in [2.24, 2.45) is 0 Å². The van der Waals surface area contributed by atoms with Crippen LogP contribution in [0.25, 0.3) is 0 Å². The van der Waals surface area contributed by atoms with Crippen LogP contribution in [0.4, 0.5) is 4.39 Å². The molecule has 2 aromatic rings. The smallest absolute Gasteiger partial charge is 0.165 e. The van der Waals surface area contributed by atoms with Crippen molar-refractivity contribution in [2.45, 2.75) is 26.6 Å². The van der Waals surface area contributed by atoms with Crippen molar-refractivity contribution < 1.29 is 14.2 Å². The summed E-state index contributed by atoms with van der Waals surface area (Å²) >= 11 is 1.53. The van der Waals surface area contributed by atoms with Gasteiger partial charge >= 0.3 is 0 Å². The number of hydrogen-bond donors (Lipinski definition) is 1. The summed E-state index contributed by atoms with van der Waals surface area (Å²) in [4.78, 5) is 4.23. The number of halogens is 1. The van der Waals surface area contributed by atoms with Crippen molar-refractivity contribution in [2.75, 3.05) is 0 Å². The molecule has 1 heterocycles. The summed E-state index contributed by atoms with van der Waals surface area (Å²) in [5.74, 6) is -0.301. The number of thiazole rings is 1. The van der Waals surface area contributed by atoms with Gasteiger partial charge in [0.25, 0.3) is 0 Å². The molecule has 0 spiro atoms. The molecule has 0 saturated carbocycles. The lowest BCUT2D eigenvalue weighted by atomic mass is 10.1. The van der Waals surface area contributed by atoms with Gasteiger partial charge in [0.1, 0.15) is 6.61 Å². The second-order valence-corrected chi connectivity index (χ2v) is 5.07. The molecule has 1 N–H and O–H groups in total. The summed E-state index contributed by atoms with van der Waals surface area (Å²) < 4.78 is 19.0. The third kappa shape index (κ3) is 3.05. The van der Waals surface area contributed by atoms with Gasteiger partial charge in [-0.1, -0.05) is 6.07 Å². The Balaban J connectivity index is 2.05. The summed E-state index contributed by atoms with van der Waals surface area (Å²) in [6, 6.07) is 4.46. The Morgan fingerprint density at radius 2 is 2.28 bits per heavy atom. The van der Waals surface area contributed by atoms with Crippen LogP contribution in [0.15, 0.2) is 23.6 Å². The molecule has 0 aliphatic rings. The average Bonchev–Trinajstić information content (AvgIpc) is 2.73. The van der Waals surface area contributed by atoms with Gasteiger partial charge in [0, 0.05) is 5.38 Å². The van der Waals surface area contributed by atoms with Crippen LogP contribution < -0.4 is 4.74 Å². The maximum absolute atomic E-state index is 13.7. The van der Waals surface area contributed by atoms with E-state index in [1.807, 2.05) is 12.3 Å². The van der Waals surface area contributed by atoms with E-state index in [-0.39, 0.29) is 12.4 Å². The number of benzene rings is 1. The molecule has 2 rings (SSSR count). The zero-order chi connectivity index (χ0) is 13.1. The monoisotopic (exact) mass is 267 g/mol. The van der Waals surface area contributed by atoms with Gasteiger partial charge in [-0.3, -0.25) is 0 Å². The zero-order valence-corrected chi connectivity index (χ0v) is 11.0. The molecule has 96 valence electrons. The number of rotatable bonds is 4. The van der Waals surface area contributed by atoms with Gasteiger partial charge in [0.2, 0.25) is 0 Å². The van der Waals surface area contributed by atoms with E-state index < -0.39 is 11.9 Å². The molecule has 18 heavy (non-hydrogen) atoms. The van der Waals surface area contributed by atoms with E-state index in [0.29, 0.717) is 5.56 Å². The topological polar surface area (TPSA) is 42.4 Å². The molecule has 0 fully saturated rings. The van der Waals surface area contributed by atoms with E-state index in [4.69, 9.17) is 4.74 Å². The molecule has 1 aromatic carbocycles. The Kier molecular flexibility index (Phi) is 3.93. The third-order valence-corrected chi connectivity index (χ3v) is 3.30. The minimum absolute atomic E-state index is 0.171. The number of aliphatic hydroxyl groups excluding tert-OH is 1. The maximum atomic E-state index is 13.7. The first-order chi connectivity index (χ1) is 8.56. The molecule has 0 saturated heterocycles. The van der Waals surface area contributed by atoms with Crippen molar-refractivity contribution in [1.29, 1.82) is 0 Å². The largest absolute Gasteiger partial charge is 0.484 e. The highest BCUT2D eigenvalue weighted by molar-refractivity contribution is 7.09. The first-order valence-corrected chi connectivity index (χ1v) is 6.45. The second-order valence-electron chi connectivity index (χ2n) is 4.01. The van der Waals surface area contributed by atoms with Crippen LogP contribution in [-0.4, -0.2) is 10.1 Å². The fourth-order valence-electron chi connectivity index (χ4n) is 1.52. The van der Waals surface area contributed by atoms with E-state index in [2.05, 4.69) is 4.98 Å². The van der Waals surface area contributed by atoms with Crippen LogP contribution in [0.5, 0.6) is 5.75 Å². The lowest BCUT2D eigenvalue weighted by Crippen LogP contribution is -1.99. The minimum Gasteiger partial charge on any atom is -0.484 e. The van der Waals surface area contributed by atoms with Crippen LogP contribution in [0, 0.1) is 12.7 Å².